The van der Waals surface area contributed by atoms with E-state index in [9.17, 15) is 14.7 Å². The lowest BCUT2D eigenvalue weighted by Crippen LogP contribution is -2.50. The molecular weight excluding hydrogens is 294 g/mol. The summed E-state index contributed by atoms with van der Waals surface area (Å²) < 4.78 is 0. The van der Waals surface area contributed by atoms with Crippen molar-refractivity contribution in [2.24, 2.45) is 0 Å². The number of rotatable bonds is 7. The number of carbonyl (C=O) groups excluding carboxylic acids is 2. The van der Waals surface area contributed by atoms with Gasteiger partial charge in [-0.25, -0.2) is 0 Å². The van der Waals surface area contributed by atoms with Crippen LogP contribution in [0.1, 0.15) is 25.8 Å². The second-order valence-corrected chi connectivity index (χ2v) is 5.61. The van der Waals surface area contributed by atoms with Crippen LogP contribution in [0.2, 0.25) is 0 Å². The third-order valence-electron chi connectivity index (χ3n) is 3.85. The van der Waals surface area contributed by atoms with Crippen LogP contribution in [0.3, 0.4) is 0 Å². The fraction of sp³-hybridized carbons (Fsp3) is 0.412. The molecule has 2 atom stereocenters. The van der Waals surface area contributed by atoms with E-state index in [2.05, 4.69) is 15.6 Å². The lowest BCUT2D eigenvalue weighted by molar-refractivity contribution is -0.128. The van der Waals surface area contributed by atoms with Gasteiger partial charge in [-0.2, -0.15) is 0 Å². The Morgan fingerprint density at radius 1 is 1.26 bits per heavy atom. The minimum absolute atomic E-state index is 0.123. The minimum atomic E-state index is -0.674. The molecule has 0 aliphatic carbocycles. The SMILES string of the molecule is CCC(CO)NC(=O)C(Cc1c[nH]c2ccccc12)NC(C)=O. The van der Waals surface area contributed by atoms with Crippen LogP contribution in [-0.2, 0) is 16.0 Å². The van der Waals surface area contributed by atoms with E-state index in [0.717, 1.165) is 16.5 Å². The first-order valence-electron chi connectivity index (χ1n) is 7.78. The topological polar surface area (TPSA) is 94.2 Å². The summed E-state index contributed by atoms with van der Waals surface area (Å²) in [5, 5.41) is 15.7. The van der Waals surface area contributed by atoms with Crippen LogP contribution >= 0.6 is 0 Å². The molecule has 6 heteroatoms. The summed E-state index contributed by atoms with van der Waals surface area (Å²) in [6.45, 7) is 3.15. The predicted molar refractivity (Wildman–Crippen MR) is 88.9 cm³/mol. The number of fused-ring (bicyclic) bond motifs is 1. The average Bonchev–Trinajstić information content (AvgIpc) is 2.94. The molecule has 124 valence electrons. The molecule has 1 heterocycles. The Morgan fingerprint density at radius 3 is 2.65 bits per heavy atom. The molecule has 4 N–H and O–H groups in total. The van der Waals surface area contributed by atoms with Crippen molar-refractivity contribution in [3.63, 3.8) is 0 Å². The van der Waals surface area contributed by atoms with E-state index in [-0.39, 0.29) is 24.5 Å². The van der Waals surface area contributed by atoms with Crippen LogP contribution in [-0.4, -0.2) is 40.6 Å². The first kappa shape index (κ1) is 17.0. The van der Waals surface area contributed by atoms with Gasteiger partial charge in [-0.3, -0.25) is 9.59 Å². The van der Waals surface area contributed by atoms with Crippen LogP contribution in [0.5, 0.6) is 0 Å². The van der Waals surface area contributed by atoms with E-state index >= 15 is 0 Å². The second-order valence-electron chi connectivity index (χ2n) is 5.61. The number of nitrogens with one attached hydrogen (secondary N) is 3. The van der Waals surface area contributed by atoms with E-state index in [1.54, 1.807) is 0 Å². The second kappa shape index (κ2) is 7.78. The molecule has 0 spiro atoms. The van der Waals surface area contributed by atoms with E-state index in [1.165, 1.54) is 6.92 Å². The van der Waals surface area contributed by atoms with Gasteiger partial charge in [0, 0.05) is 30.4 Å². The van der Waals surface area contributed by atoms with Crippen molar-refractivity contribution in [1.82, 2.24) is 15.6 Å². The van der Waals surface area contributed by atoms with Crippen LogP contribution < -0.4 is 10.6 Å². The number of aromatic amines is 1. The van der Waals surface area contributed by atoms with Gasteiger partial charge < -0.3 is 20.7 Å². The molecule has 1 aromatic carbocycles. The van der Waals surface area contributed by atoms with Crippen molar-refractivity contribution in [1.29, 1.82) is 0 Å². The maximum Gasteiger partial charge on any atom is 0.243 e. The Balaban J connectivity index is 2.18. The Bertz CT molecular complexity index is 677. The number of hydrogen-bond acceptors (Lipinski definition) is 3. The molecule has 0 saturated heterocycles. The number of carbonyl (C=O) groups is 2. The van der Waals surface area contributed by atoms with Gasteiger partial charge in [0.15, 0.2) is 0 Å². The van der Waals surface area contributed by atoms with Gasteiger partial charge in [-0.1, -0.05) is 25.1 Å². The van der Waals surface area contributed by atoms with Gasteiger partial charge in [0.1, 0.15) is 6.04 Å². The monoisotopic (exact) mass is 317 g/mol. The maximum absolute atomic E-state index is 12.4. The normalized spacial score (nSPS) is 13.5. The molecule has 2 rings (SSSR count). The average molecular weight is 317 g/mol. The zero-order valence-corrected chi connectivity index (χ0v) is 13.4. The van der Waals surface area contributed by atoms with Crippen LogP contribution in [0.15, 0.2) is 30.5 Å². The summed E-state index contributed by atoms with van der Waals surface area (Å²) in [4.78, 5) is 27.0. The number of hydrogen-bond donors (Lipinski definition) is 4. The van der Waals surface area contributed by atoms with Gasteiger partial charge in [-0.05, 0) is 18.1 Å². The number of benzene rings is 1. The first-order valence-corrected chi connectivity index (χ1v) is 7.78. The molecule has 0 aliphatic rings. The molecular formula is C17H23N3O3. The van der Waals surface area contributed by atoms with Gasteiger partial charge in [-0.15, -0.1) is 0 Å². The number of aromatic nitrogens is 1. The van der Waals surface area contributed by atoms with E-state index in [1.807, 2.05) is 37.4 Å². The standard InChI is InChI=1S/C17H23N3O3/c1-3-13(10-21)20-17(23)16(19-11(2)22)8-12-9-18-15-7-5-4-6-14(12)15/h4-7,9,13,16,18,21H,3,8,10H2,1-2H3,(H,19,22)(H,20,23). The van der Waals surface area contributed by atoms with Crippen molar-refractivity contribution >= 4 is 22.7 Å². The number of aliphatic hydroxyl groups is 1. The van der Waals surface area contributed by atoms with Gasteiger partial charge in [0.2, 0.25) is 11.8 Å². The zero-order chi connectivity index (χ0) is 16.8. The molecule has 2 unspecified atom stereocenters. The Kier molecular flexibility index (Phi) is 5.76. The Hall–Kier alpha value is -2.34. The lowest BCUT2D eigenvalue weighted by Gasteiger charge is -2.21. The number of para-hydroxylation sites is 1. The molecule has 0 saturated carbocycles. The third kappa shape index (κ3) is 4.32. The third-order valence-corrected chi connectivity index (χ3v) is 3.85. The van der Waals surface area contributed by atoms with E-state index in [4.69, 9.17) is 0 Å². The van der Waals surface area contributed by atoms with Crippen molar-refractivity contribution in [3.05, 3.63) is 36.0 Å². The van der Waals surface area contributed by atoms with Crippen molar-refractivity contribution in [2.45, 2.75) is 38.8 Å². The predicted octanol–water partition coefficient (Wildman–Crippen LogP) is 1.10. The summed E-state index contributed by atoms with van der Waals surface area (Å²) in [6, 6.07) is 6.84. The lowest BCUT2D eigenvalue weighted by atomic mass is 10.0. The summed E-state index contributed by atoms with van der Waals surface area (Å²) in [6.07, 6.45) is 2.87. The molecule has 6 nitrogen and oxygen atoms in total. The quantitative estimate of drug-likeness (QED) is 0.616. The molecule has 1 aromatic heterocycles. The summed E-state index contributed by atoms with van der Waals surface area (Å²) in [7, 11) is 0. The molecule has 0 radical (unpaired) electrons. The fourth-order valence-corrected chi connectivity index (χ4v) is 2.55. The molecule has 2 aromatic rings. The van der Waals surface area contributed by atoms with Gasteiger partial charge >= 0.3 is 0 Å². The van der Waals surface area contributed by atoms with Crippen molar-refractivity contribution in [3.8, 4) is 0 Å². The highest BCUT2D eigenvalue weighted by atomic mass is 16.3. The number of aliphatic hydroxyl groups excluding tert-OH is 1. The summed E-state index contributed by atoms with van der Waals surface area (Å²) in [5.41, 5.74) is 1.96. The van der Waals surface area contributed by atoms with Crippen LogP contribution in [0.25, 0.3) is 10.9 Å². The smallest absolute Gasteiger partial charge is 0.243 e. The molecule has 0 fully saturated rings. The van der Waals surface area contributed by atoms with Crippen LogP contribution in [0, 0.1) is 0 Å². The maximum atomic E-state index is 12.4. The zero-order valence-electron chi connectivity index (χ0n) is 13.4. The highest BCUT2D eigenvalue weighted by molar-refractivity contribution is 5.89. The number of H-pyrrole nitrogens is 1. The minimum Gasteiger partial charge on any atom is -0.394 e. The first-order chi connectivity index (χ1) is 11.0. The van der Waals surface area contributed by atoms with Gasteiger partial charge in [0.25, 0.3) is 0 Å². The Labute approximate surface area is 135 Å². The molecule has 2 amide bonds. The van der Waals surface area contributed by atoms with Gasteiger partial charge in [0.05, 0.1) is 12.6 Å². The Morgan fingerprint density at radius 2 is 2.00 bits per heavy atom. The largest absolute Gasteiger partial charge is 0.394 e. The highest BCUT2D eigenvalue weighted by Crippen LogP contribution is 2.19. The molecule has 0 bridgehead atoms. The van der Waals surface area contributed by atoms with E-state index in [0.29, 0.717) is 12.8 Å². The van der Waals surface area contributed by atoms with E-state index < -0.39 is 6.04 Å². The summed E-state index contributed by atoms with van der Waals surface area (Å²) in [5.74, 6) is -0.548. The molecule has 23 heavy (non-hydrogen) atoms. The molecule has 0 aliphatic heterocycles. The summed E-state index contributed by atoms with van der Waals surface area (Å²) >= 11 is 0. The van der Waals surface area contributed by atoms with Crippen molar-refractivity contribution < 1.29 is 14.7 Å². The van der Waals surface area contributed by atoms with Crippen LogP contribution in [0.4, 0.5) is 0 Å². The number of amides is 2. The highest BCUT2D eigenvalue weighted by Gasteiger charge is 2.23. The van der Waals surface area contributed by atoms with Crippen molar-refractivity contribution in [2.75, 3.05) is 6.61 Å². The fourth-order valence-electron chi connectivity index (χ4n) is 2.55.